The van der Waals surface area contributed by atoms with Gasteiger partial charge in [0.25, 0.3) is 0 Å². The van der Waals surface area contributed by atoms with E-state index in [-0.39, 0.29) is 42.5 Å². The summed E-state index contributed by atoms with van der Waals surface area (Å²) in [5.41, 5.74) is 1.07. The highest BCUT2D eigenvalue weighted by Gasteiger charge is 2.26. The molecule has 1 aromatic heterocycles. The molecule has 1 N–H and O–H groups in total. The summed E-state index contributed by atoms with van der Waals surface area (Å²) < 4.78 is 7.76. The molecule has 1 saturated heterocycles. The lowest BCUT2D eigenvalue weighted by atomic mass is 9.99. The maximum atomic E-state index is 12.1. The molecule has 1 aliphatic heterocycles. The van der Waals surface area contributed by atoms with Gasteiger partial charge in [-0.25, -0.2) is 4.99 Å². The number of aryl methyl sites for hydroxylation is 1. The number of rotatable bonds is 9. The summed E-state index contributed by atoms with van der Waals surface area (Å²) >= 11 is 0. The number of halogens is 1. The van der Waals surface area contributed by atoms with Crippen molar-refractivity contribution in [3.63, 3.8) is 0 Å². The van der Waals surface area contributed by atoms with E-state index in [9.17, 15) is 4.79 Å². The van der Waals surface area contributed by atoms with Gasteiger partial charge in [-0.1, -0.05) is 33.1 Å². The molecule has 1 aliphatic rings. The van der Waals surface area contributed by atoms with Crippen molar-refractivity contribution in [2.45, 2.75) is 45.6 Å². The van der Waals surface area contributed by atoms with Crippen molar-refractivity contribution in [3.8, 4) is 0 Å². The molecule has 9 heteroatoms. The molecular weight excluding hydrogens is 495 g/mol. The Bertz CT molecular complexity index is 664. The molecule has 0 bridgehead atoms. The van der Waals surface area contributed by atoms with Crippen molar-refractivity contribution in [3.05, 3.63) is 18.0 Å². The number of carbonyl (C=O) groups is 1. The number of nitrogens with one attached hydrogen (secondary N) is 1. The number of aromatic nitrogens is 2. The maximum absolute atomic E-state index is 12.1. The molecule has 2 heterocycles. The molecule has 30 heavy (non-hydrogen) atoms. The smallest absolute Gasteiger partial charge is 0.243 e. The van der Waals surface area contributed by atoms with Crippen molar-refractivity contribution >= 4 is 35.8 Å². The summed E-state index contributed by atoms with van der Waals surface area (Å²) in [6, 6.07) is 0. The van der Waals surface area contributed by atoms with Crippen LogP contribution in [0.2, 0.25) is 0 Å². The first kappa shape index (κ1) is 26.7. The Morgan fingerprint density at radius 1 is 1.43 bits per heavy atom. The van der Waals surface area contributed by atoms with Gasteiger partial charge in [-0.15, -0.1) is 24.0 Å². The largest absolute Gasteiger partial charge is 0.370 e. The van der Waals surface area contributed by atoms with Crippen LogP contribution in [0.5, 0.6) is 0 Å². The van der Waals surface area contributed by atoms with Gasteiger partial charge in [0, 0.05) is 46.0 Å². The van der Waals surface area contributed by atoms with Crippen LogP contribution in [0.3, 0.4) is 0 Å². The summed E-state index contributed by atoms with van der Waals surface area (Å²) in [6.45, 7) is 7.56. The summed E-state index contributed by atoms with van der Waals surface area (Å²) in [7, 11) is 5.43. The second kappa shape index (κ2) is 13.8. The number of hydrogen-bond acceptors (Lipinski definition) is 4. The Morgan fingerprint density at radius 3 is 2.80 bits per heavy atom. The number of hydrogen-bond donors (Lipinski definition) is 1. The van der Waals surface area contributed by atoms with Gasteiger partial charge >= 0.3 is 0 Å². The predicted molar refractivity (Wildman–Crippen MR) is 131 cm³/mol. The number of ether oxygens (including phenoxy) is 1. The van der Waals surface area contributed by atoms with Gasteiger partial charge in [0.15, 0.2) is 5.96 Å². The highest BCUT2D eigenvalue weighted by atomic mass is 127. The molecule has 1 fully saturated rings. The summed E-state index contributed by atoms with van der Waals surface area (Å²) in [6.07, 6.45) is 8.61. The molecule has 1 amide bonds. The van der Waals surface area contributed by atoms with Gasteiger partial charge in [-0.3, -0.25) is 9.48 Å². The molecule has 0 aromatic carbocycles. The van der Waals surface area contributed by atoms with Crippen LogP contribution in [0.1, 0.15) is 51.2 Å². The van der Waals surface area contributed by atoms with E-state index in [4.69, 9.17) is 4.74 Å². The molecule has 0 saturated carbocycles. The minimum Gasteiger partial charge on any atom is -0.370 e. The van der Waals surface area contributed by atoms with E-state index in [2.05, 4.69) is 34.2 Å². The van der Waals surface area contributed by atoms with Crippen LogP contribution in [-0.2, 0) is 16.6 Å². The monoisotopic (exact) mass is 534 g/mol. The second-order valence-electron chi connectivity index (χ2n) is 7.98. The highest BCUT2D eigenvalue weighted by Crippen LogP contribution is 2.22. The number of guanidine groups is 1. The first-order chi connectivity index (χ1) is 13.9. The van der Waals surface area contributed by atoms with Crippen LogP contribution in [-0.4, -0.2) is 78.3 Å². The van der Waals surface area contributed by atoms with Crippen LogP contribution in [0.4, 0.5) is 0 Å². The van der Waals surface area contributed by atoms with Gasteiger partial charge in [-0.2, -0.15) is 5.10 Å². The fourth-order valence-corrected chi connectivity index (χ4v) is 3.38. The van der Waals surface area contributed by atoms with Crippen molar-refractivity contribution in [1.29, 1.82) is 0 Å². The van der Waals surface area contributed by atoms with Crippen LogP contribution in [0.25, 0.3) is 0 Å². The maximum Gasteiger partial charge on any atom is 0.243 e. The Kier molecular flexibility index (Phi) is 12.3. The van der Waals surface area contributed by atoms with E-state index in [0.717, 1.165) is 31.0 Å². The zero-order valence-electron chi connectivity index (χ0n) is 19.1. The van der Waals surface area contributed by atoms with Gasteiger partial charge < -0.3 is 19.9 Å². The van der Waals surface area contributed by atoms with Gasteiger partial charge in [0.2, 0.25) is 5.91 Å². The molecule has 0 aliphatic carbocycles. The third kappa shape index (κ3) is 8.41. The Hall–Kier alpha value is -1.36. The van der Waals surface area contributed by atoms with Crippen LogP contribution < -0.4 is 5.32 Å². The van der Waals surface area contributed by atoms with E-state index < -0.39 is 0 Å². The molecule has 172 valence electrons. The molecule has 1 aromatic rings. The third-order valence-electron chi connectivity index (χ3n) is 5.42. The SMILES string of the molecule is CCCCC(CC)CNC(=NCC(=O)N(C)C)N1CCOC(c2cnn(C)c2)C1.I. The summed E-state index contributed by atoms with van der Waals surface area (Å²) in [5.74, 6) is 1.41. The second-order valence-corrected chi connectivity index (χ2v) is 7.98. The number of aliphatic imine (C=N–C) groups is 1. The average Bonchev–Trinajstić information content (AvgIpc) is 3.16. The number of nitrogens with zero attached hydrogens (tertiary/aromatic N) is 5. The zero-order valence-corrected chi connectivity index (χ0v) is 21.5. The molecular formula is C21H39IN6O2. The molecule has 2 rings (SSSR count). The minimum atomic E-state index is -0.0453. The van der Waals surface area contributed by atoms with E-state index in [1.807, 2.05) is 19.4 Å². The first-order valence-corrected chi connectivity index (χ1v) is 10.8. The van der Waals surface area contributed by atoms with Crippen LogP contribution >= 0.6 is 24.0 Å². The Morgan fingerprint density at radius 2 is 2.20 bits per heavy atom. The molecule has 8 nitrogen and oxygen atoms in total. The van der Waals surface area contributed by atoms with E-state index >= 15 is 0 Å². The normalized spacial score (nSPS) is 18.0. The molecule has 2 unspecified atom stereocenters. The summed E-state index contributed by atoms with van der Waals surface area (Å²) in [5, 5.41) is 7.81. The number of morpholine rings is 1. The summed E-state index contributed by atoms with van der Waals surface area (Å²) in [4.78, 5) is 20.5. The Labute approximate surface area is 198 Å². The molecule has 0 radical (unpaired) electrons. The van der Waals surface area contributed by atoms with Crippen LogP contribution in [0.15, 0.2) is 17.4 Å². The lowest BCUT2D eigenvalue weighted by molar-refractivity contribution is -0.127. The quantitative estimate of drug-likeness (QED) is 0.300. The first-order valence-electron chi connectivity index (χ1n) is 10.8. The highest BCUT2D eigenvalue weighted by molar-refractivity contribution is 14.0. The lowest BCUT2D eigenvalue weighted by Gasteiger charge is -2.35. The van der Waals surface area contributed by atoms with Crippen molar-refractivity contribution in [2.75, 3.05) is 46.9 Å². The fraction of sp³-hybridized carbons (Fsp3) is 0.762. The Balaban J connectivity index is 0.00000450. The van der Waals surface area contributed by atoms with E-state index in [0.29, 0.717) is 19.1 Å². The van der Waals surface area contributed by atoms with Crippen molar-refractivity contribution in [1.82, 2.24) is 24.9 Å². The zero-order chi connectivity index (χ0) is 21.2. The van der Waals surface area contributed by atoms with Crippen LogP contribution in [0, 0.1) is 5.92 Å². The third-order valence-corrected chi connectivity index (χ3v) is 5.42. The van der Waals surface area contributed by atoms with Gasteiger partial charge in [0.05, 0.1) is 19.3 Å². The standard InChI is InChI=1S/C21H38N6O2.HI/c1-6-8-9-17(7-2)12-22-21(23-14-20(28)25(3)4)27-10-11-29-19(16-27)18-13-24-26(5)15-18;/h13,15,17,19H,6-12,14,16H2,1-5H3,(H,22,23);1H. The minimum absolute atomic E-state index is 0. The number of unbranched alkanes of at least 4 members (excludes halogenated alkanes) is 1. The van der Waals surface area contributed by atoms with E-state index in [1.54, 1.807) is 23.7 Å². The topological polar surface area (TPSA) is 75.0 Å². The number of likely N-dealkylation sites (N-methyl/N-ethyl adjacent to an activating group) is 1. The fourth-order valence-electron chi connectivity index (χ4n) is 3.38. The molecule has 2 atom stereocenters. The molecule has 0 spiro atoms. The number of amides is 1. The van der Waals surface area contributed by atoms with Gasteiger partial charge in [-0.05, 0) is 12.3 Å². The lowest BCUT2D eigenvalue weighted by Crippen LogP contribution is -2.49. The predicted octanol–water partition coefficient (Wildman–Crippen LogP) is 2.66. The average molecular weight is 534 g/mol. The van der Waals surface area contributed by atoms with Gasteiger partial charge in [0.1, 0.15) is 12.6 Å². The number of carbonyl (C=O) groups excluding carboxylic acids is 1. The van der Waals surface area contributed by atoms with E-state index in [1.165, 1.54) is 19.3 Å². The van der Waals surface area contributed by atoms with Crippen molar-refractivity contribution < 1.29 is 9.53 Å². The van der Waals surface area contributed by atoms with Crippen molar-refractivity contribution in [2.24, 2.45) is 18.0 Å².